The third-order valence-electron chi connectivity index (χ3n) is 7.25. The lowest BCUT2D eigenvalue weighted by atomic mass is 9.77. The van der Waals surface area contributed by atoms with E-state index in [0.29, 0.717) is 12.1 Å². The van der Waals surface area contributed by atoms with Crippen LogP contribution in [0.15, 0.2) is 35.6 Å². The molecule has 2 fully saturated rings. The number of Topliss-reactive ketones (excluding diaryl/α,β-unsaturated/α-hetero) is 1. The molecule has 1 aromatic carbocycles. The molecule has 32 heavy (non-hydrogen) atoms. The summed E-state index contributed by atoms with van der Waals surface area (Å²) in [6, 6.07) is 7.30. The van der Waals surface area contributed by atoms with Gasteiger partial charge in [0, 0.05) is 26.2 Å². The fourth-order valence-corrected chi connectivity index (χ4v) is 5.57. The number of nitrogens with zero attached hydrogens (tertiary/aromatic N) is 2. The Balaban J connectivity index is 1.43. The number of hydrogen-bond donors (Lipinski definition) is 0. The number of amides is 1. The van der Waals surface area contributed by atoms with E-state index in [1.165, 1.54) is 0 Å². The Morgan fingerprint density at radius 1 is 1.09 bits per heavy atom. The predicted octanol–water partition coefficient (Wildman–Crippen LogP) is 2.71. The van der Waals surface area contributed by atoms with Crippen LogP contribution in [0.4, 0.5) is 0 Å². The molecule has 1 amide bonds. The van der Waals surface area contributed by atoms with Gasteiger partial charge < -0.3 is 19.1 Å². The minimum absolute atomic E-state index is 0.104. The molecule has 0 radical (unpaired) electrons. The van der Waals surface area contributed by atoms with Crippen molar-refractivity contribution in [3.05, 3.63) is 41.2 Å². The first-order valence-corrected chi connectivity index (χ1v) is 11.9. The topological polar surface area (TPSA) is 68.3 Å². The van der Waals surface area contributed by atoms with Gasteiger partial charge in [-0.3, -0.25) is 14.5 Å². The average molecular weight is 441 g/mol. The van der Waals surface area contributed by atoms with Crippen LogP contribution in [0.5, 0.6) is 5.75 Å². The van der Waals surface area contributed by atoms with Crippen molar-refractivity contribution in [2.45, 2.75) is 44.2 Å². The number of methoxy groups -OCH3 is 1. The van der Waals surface area contributed by atoms with Crippen LogP contribution in [0.25, 0.3) is 0 Å². The van der Waals surface area contributed by atoms with Crippen LogP contribution in [-0.4, -0.2) is 74.1 Å². The van der Waals surface area contributed by atoms with Crippen LogP contribution < -0.4 is 4.74 Å². The fraction of sp³-hybridized carbons (Fsp3) is 0.600. The second-order valence-corrected chi connectivity index (χ2v) is 9.14. The van der Waals surface area contributed by atoms with Gasteiger partial charge in [0.2, 0.25) is 0 Å². The first kappa shape index (κ1) is 21.5. The second-order valence-electron chi connectivity index (χ2n) is 9.14. The van der Waals surface area contributed by atoms with Crippen molar-refractivity contribution in [2.24, 2.45) is 5.92 Å². The molecule has 3 heterocycles. The van der Waals surface area contributed by atoms with E-state index >= 15 is 0 Å². The van der Waals surface area contributed by atoms with E-state index in [4.69, 9.17) is 14.2 Å². The number of ketones is 1. The van der Waals surface area contributed by atoms with Crippen molar-refractivity contribution < 1.29 is 23.8 Å². The molecular weight excluding hydrogens is 408 g/mol. The molecular formula is C25H32N2O5. The van der Waals surface area contributed by atoms with Crippen LogP contribution in [0.3, 0.4) is 0 Å². The summed E-state index contributed by atoms with van der Waals surface area (Å²) in [5, 5.41) is 0. The number of benzene rings is 1. The summed E-state index contributed by atoms with van der Waals surface area (Å²) in [6.07, 6.45) is 4.47. The quantitative estimate of drug-likeness (QED) is 0.678. The van der Waals surface area contributed by atoms with Gasteiger partial charge in [-0.1, -0.05) is 18.6 Å². The molecule has 1 aromatic rings. The maximum absolute atomic E-state index is 13.6. The van der Waals surface area contributed by atoms with Crippen LogP contribution in [0.2, 0.25) is 0 Å². The summed E-state index contributed by atoms with van der Waals surface area (Å²) in [4.78, 5) is 31.3. The van der Waals surface area contributed by atoms with Crippen molar-refractivity contribution in [3.63, 3.8) is 0 Å². The molecule has 7 nitrogen and oxygen atoms in total. The largest absolute Gasteiger partial charge is 0.497 e. The number of fused-ring (bicyclic) bond motifs is 1. The molecule has 172 valence electrons. The molecule has 3 atom stereocenters. The van der Waals surface area contributed by atoms with E-state index in [1.807, 2.05) is 29.2 Å². The minimum Gasteiger partial charge on any atom is -0.497 e. The average Bonchev–Trinajstić information content (AvgIpc) is 3.12. The van der Waals surface area contributed by atoms with Crippen LogP contribution in [0.1, 0.15) is 43.7 Å². The zero-order chi connectivity index (χ0) is 22.1. The van der Waals surface area contributed by atoms with Gasteiger partial charge in [-0.05, 0) is 43.4 Å². The summed E-state index contributed by atoms with van der Waals surface area (Å²) in [5.74, 6) is 0.839. The van der Waals surface area contributed by atoms with E-state index in [0.717, 1.165) is 76.3 Å². The third kappa shape index (κ3) is 3.92. The van der Waals surface area contributed by atoms with E-state index in [2.05, 4.69) is 4.90 Å². The monoisotopic (exact) mass is 440 g/mol. The Bertz CT molecular complexity index is 907. The van der Waals surface area contributed by atoms with Crippen molar-refractivity contribution in [1.82, 2.24) is 9.80 Å². The van der Waals surface area contributed by atoms with Crippen molar-refractivity contribution >= 4 is 11.7 Å². The van der Waals surface area contributed by atoms with E-state index in [9.17, 15) is 9.59 Å². The van der Waals surface area contributed by atoms with Crippen LogP contribution >= 0.6 is 0 Å². The Morgan fingerprint density at radius 2 is 1.91 bits per heavy atom. The van der Waals surface area contributed by atoms with Gasteiger partial charge in [0.15, 0.2) is 11.5 Å². The smallest absolute Gasteiger partial charge is 0.290 e. The van der Waals surface area contributed by atoms with Gasteiger partial charge >= 0.3 is 0 Å². The summed E-state index contributed by atoms with van der Waals surface area (Å²) in [5.41, 5.74) is 1.46. The highest BCUT2D eigenvalue weighted by Crippen LogP contribution is 2.47. The Kier molecular flexibility index (Phi) is 6.20. The minimum atomic E-state index is -0.410. The lowest BCUT2D eigenvalue weighted by molar-refractivity contribution is -0.135. The van der Waals surface area contributed by atoms with Gasteiger partial charge in [0.25, 0.3) is 5.91 Å². The van der Waals surface area contributed by atoms with Crippen molar-refractivity contribution in [1.29, 1.82) is 0 Å². The molecule has 1 saturated carbocycles. The number of ether oxygens (including phenoxy) is 3. The molecule has 3 unspecified atom stereocenters. The molecule has 0 N–H and O–H groups in total. The van der Waals surface area contributed by atoms with Gasteiger partial charge in [0.05, 0.1) is 37.9 Å². The van der Waals surface area contributed by atoms with Crippen LogP contribution in [-0.2, 0) is 19.1 Å². The molecule has 7 heteroatoms. The summed E-state index contributed by atoms with van der Waals surface area (Å²) < 4.78 is 17.1. The Labute approximate surface area is 189 Å². The maximum Gasteiger partial charge on any atom is 0.290 e. The zero-order valence-corrected chi connectivity index (χ0v) is 18.8. The zero-order valence-electron chi connectivity index (χ0n) is 18.8. The molecule has 0 aromatic heterocycles. The highest BCUT2D eigenvalue weighted by molar-refractivity contribution is 6.11. The molecule has 3 aliphatic heterocycles. The van der Waals surface area contributed by atoms with Gasteiger partial charge in [-0.2, -0.15) is 0 Å². The summed E-state index contributed by atoms with van der Waals surface area (Å²) in [6.45, 7) is 4.85. The van der Waals surface area contributed by atoms with Crippen molar-refractivity contribution in [2.75, 3.05) is 46.5 Å². The first-order chi connectivity index (χ1) is 15.7. The molecule has 5 rings (SSSR count). The Morgan fingerprint density at radius 3 is 2.72 bits per heavy atom. The van der Waals surface area contributed by atoms with Gasteiger partial charge in [0.1, 0.15) is 11.9 Å². The standard InChI is InChI=1S/C25H32N2O5/c1-30-18-7-4-6-17(16-18)22-21-23(28)19-8-2-3-9-20(19)32-24(21)25(29)27(22)11-5-10-26-12-14-31-15-13-26/h4,6-7,16,19-20,22H,2-3,5,8-15H2,1H3. The molecule has 1 aliphatic carbocycles. The normalized spacial score (nSPS) is 28.4. The predicted molar refractivity (Wildman–Crippen MR) is 118 cm³/mol. The number of morpholine rings is 1. The fourth-order valence-electron chi connectivity index (χ4n) is 5.57. The number of carbonyl (C=O) groups excluding carboxylic acids is 2. The summed E-state index contributed by atoms with van der Waals surface area (Å²) >= 11 is 0. The van der Waals surface area contributed by atoms with Crippen molar-refractivity contribution in [3.8, 4) is 5.75 Å². The maximum atomic E-state index is 13.6. The van der Waals surface area contributed by atoms with Gasteiger partial charge in [-0.25, -0.2) is 0 Å². The van der Waals surface area contributed by atoms with E-state index in [-0.39, 0.29) is 29.5 Å². The molecule has 0 spiro atoms. The van der Waals surface area contributed by atoms with E-state index in [1.54, 1.807) is 7.11 Å². The SMILES string of the molecule is COc1cccc(C2C3=C(OC4CCCCC4C3=O)C(=O)N2CCCN2CCOCC2)c1. The molecule has 1 saturated heterocycles. The van der Waals surface area contributed by atoms with E-state index < -0.39 is 6.04 Å². The van der Waals surface area contributed by atoms with Crippen LogP contribution in [0, 0.1) is 5.92 Å². The van der Waals surface area contributed by atoms with Gasteiger partial charge in [-0.15, -0.1) is 0 Å². The molecule has 4 aliphatic rings. The highest BCUT2D eigenvalue weighted by atomic mass is 16.5. The number of rotatable bonds is 6. The molecule has 0 bridgehead atoms. The highest BCUT2D eigenvalue weighted by Gasteiger charge is 2.51. The lowest BCUT2D eigenvalue weighted by Gasteiger charge is -2.35. The number of carbonyl (C=O) groups is 2. The Hall–Kier alpha value is -2.38. The number of hydrogen-bond acceptors (Lipinski definition) is 6. The summed E-state index contributed by atoms with van der Waals surface area (Å²) in [7, 11) is 1.63. The lowest BCUT2D eigenvalue weighted by Crippen LogP contribution is -2.39. The first-order valence-electron chi connectivity index (χ1n) is 11.9. The third-order valence-corrected chi connectivity index (χ3v) is 7.25. The second kappa shape index (κ2) is 9.24.